The minimum absolute atomic E-state index is 0.914. The largest absolute Gasteiger partial charge is 0.456 e. The standard InChI is InChI=1S/C25H19NO/c1-18-11-13-20(14-12-18)26(19-7-3-2-4-8-19)21-15-16-25-23(17-21)22-9-5-6-10-24(22)27-25/h2-17H,1H3. The van der Waals surface area contributed by atoms with Crippen molar-refractivity contribution in [1.29, 1.82) is 0 Å². The van der Waals surface area contributed by atoms with Gasteiger partial charge in [-0.3, -0.25) is 0 Å². The molecular formula is C25H19NO. The Morgan fingerprint density at radius 1 is 0.556 bits per heavy atom. The number of aryl methyl sites for hydroxylation is 1. The Hall–Kier alpha value is -3.52. The zero-order chi connectivity index (χ0) is 18.2. The average molecular weight is 349 g/mol. The topological polar surface area (TPSA) is 16.4 Å². The van der Waals surface area contributed by atoms with Crippen LogP contribution in [0.2, 0.25) is 0 Å². The minimum atomic E-state index is 0.914. The number of benzene rings is 4. The Morgan fingerprint density at radius 2 is 1.19 bits per heavy atom. The quantitative estimate of drug-likeness (QED) is 0.338. The molecule has 0 atom stereocenters. The molecular weight excluding hydrogens is 330 g/mol. The summed E-state index contributed by atoms with van der Waals surface area (Å²) in [5.41, 5.74) is 6.47. The van der Waals surface area contributed by atoms with Crippen LogP contribution in [0.1, 0.15) is 5.56 Å². The number of rotatable bonds is 3. The molecule has 0 unspecified atom stereocenters. The van der Waals surface area contributed by atoms with Gasteiger partial charge < -0.3 is 9.32 Å². The Kier molecular flexibility index (Phi) is 3.68. The molecule has 0 fully saturated rings. The van der Waals surface area contributed by atoms with Gasteiger partial charge in [0.05, 0.1) is 0 Å². The van der Waals surface area contributed by atoms with Crippen LogP contribution in [0, 0.1) is 6.92 Å². The molecule has 2 heteroatoms. The SMILES string of the molecule is Cc1ccc(N(c2ccccc2)c2ccc3oc4ccccc4c3c2)cc1. The first-order valence-corrected chi connectivity index (χ1v) is 9.13. The molecule has 2 nitrogen and oxygen atoms in total. The molecule has 5 aromatic rings. The van der Waals surface area contributed by atoms with Gasteiger partial charge in [-0.05, 0) is 55.5 Å². The van der Waals surface area contributed by atoms with Gasteiger partial charge in [-0.1, -0.05) is 54.1 Å². The van der Waals surface area contributed by atoms with E-state index in [-0.39, 0.29) is 0 Å². The van der Waals surface area contributed by atoms with Crippen LogP contribution in [0.4, 0.5) is 17.1 Å². The van der Waals surface area contributed by atoms with Crippen molar-refractivity contribution >= 4 is 39.0 Å². The lowest BCUT2D eigenvalue weighted by Gasteiger charge is -2.25. The van der Waals surface area contributed by atoms with E-state index < -0.39 is 0 Å². The summed E-state index contributed by atoms with van der Waals surface area (Å²) in [6.07, 6.45) is 0. The first-order chi connectivity index (χ1) is 13.3. The zero-order valence-corrected chi connectivity index (χ0v) is 15.1. The molecule has 130 valence electrons. The normalized spacial score (nSPS) is 11.1. The van der Waals surface area contributed by atoms with Gasteiger partial charge in [0.15, 0.2) is 0 Å². The van der Waals surface area contributed by atoms with Crippen molar-refractivity contribution in [2.75, 3.05) is 4.90 Å². The maximum atomic E-state index is 6.00. The molecule has 1 aromatic heterocycles. The van der Waals surface area contributed by atoms with Gasteiger partial charge in [-0.15, -0.1) is 0 Å². The number of para-hydroxylation sites is 2. The van der Waals surface area contributed by atoms with Crippen molar-refractivity contribution in [2.45, 2.75) is 6.92 Å². The maximum Gasteiger partial charge on any atom is 0.135 e. The van der Waals surface area contributed by atoms with Crippen molar-refractivity contribution in [3.05, 3.63) is 103 Å². The third kappa shape index (κ3) is 2.76. The molecule has 0 bridgehead atoms. The van der Waals surface area contributed by atoms with Crippen LogP contribution in [0.3, 0.4) is 0 Å². The predicted molar refractivity (Wildman–Crippen MR) is 113 cm³/mol. The third-order valence-corrected chi connectivity index (χ3v) is 4.93. The van der Waals surface area contributed by atoms with Crippen LogP contribution in [-0.2, 0) is 0 Å². The van der Waals surface area contributed by atoms with Crippen molar-refractivity contribution < 1.29 is 4.42 Å². The van der Waals surface area contributed by atoms with E-state index in [1.807, 2.05) is 18.2 Å². The highest BCUT2D eigenvalue weighted by Crippen LogP contribution is 2.38. The second-order valence-electron chi connectivity index (χ2n) is 6.79. The molecule has 0 amide bonds. The van der Waals surface area contributed by atoms with Crippen molar-refractivity contribution in [3.8, 4) is 0 Å². The van der Waals surface area contributed by atoms with Gasteiger partial charge in [0.2, 0.25) is 0 Å². The average Bonchev–Trinajstić information content (AvgIpc) is 3.09. The van der Waals surface area contributed by atoms with Gasteiger partial charge in [0, 0.05) is 27.8 Å². The molecule has 0 aliphatic carbocycles. The zero-order valence-electron chi connectivity index (χ0n) is 15.1. The molecule has 0 aliphatic rings. The van der Waals surface area contributed by atoms with Gasteiger partial charge in [-0.2, -0.15) is 0 Å². The number of nitrogens with zero attached hydrogens (tertiary/aromatic N) is 1. The third-order valence-electron chi connectivity index (χ3n) is 4.93. The van der Waals surface area contributed by atoms with Crippen LogP contribution in [0.15, 0.2) is 101 Å². The summed E-state index contributed by atoms with van der Waals surface area (Å²) in [5, 5.41) is 2.28. The summed E-state index contributed by atoms with van der Waals surface area (Å²) >= 11 is 0. The molecule has 0 aliphatic heterocycles. The molecule has 4 aromatic carbocycles. The van der Waals surface area contributed by atoms with E-state index in [0.29, 0.717) is 0 Å². The highest BCUT2D eigenvalue weighted by atomic mass is 16.3. The Balaban J connectivity index is 1.73. The molecule has 0 N–H and O–H groups in total. The molecule has 0 radical (unpaired) electrons. The van der Waals surface area contributed by atoms with Gasteiger partial charge in [0.25, 0.3) is 0 Å². The fourth-order valence-corrected chi connectivity index (χ4v) is 3.57. The van der Waals surface area contributed by atoms with E-state index in [9.17, 15) is 0 Å². The highest BCUT2D eigenvalue weighted by Gasteiger charge is 2.14. The van der Waals surface area contributed by atoms with Crippen molar-refractivity contribution in [3.63, 3.8) is 0 Å². The molecule has 0 saturated carbocycles. The number of furan rings is 1. The summed E-state index contributed by atoms with van der Waals surface area (Å²) in [7, 11) is 0. The second-order valence-corrected chi connectivity index (χ2v) is 6.79. The Bertz CT molecular complexity index is 1220. The minimum Gasteiger partial charge on any atom is -0.456 e. The molecule has 1 heterocycles. The maximum absolute atomic E-state index is 6.00. The predicted octanol–water partition coefficient (Wildman–Crippen LogP) is 7.36. The lowest BCUT2D eigenvalue weighted by molar-refractivity contribution is 0.669. The lowest BCUT2D eigenvalue weighted by atomic mass is 10.1. The van der Waals surface area contributed by atoms with E-state index in [4.69, 9.17) is 4.42 Å². The van der Waals surface area contributed by atoms with Crippen LogP contribution in [0.5, 0.6) is 0 Å². The van der Waals surface area contributed by atoms with E-state index >= 15 is 0 Å². The van der Waals surface area contributed by atoms with Gasteiger partial charge in [-0.25, -0.2) is 0 Å². The number of fused-ring (bicyclic) bond motifs is 3. The molecule has 0 spiro atoms. The fraction of sp³-hybridized carbons (Fsp3) is 0.0400. The van der Waals surface area contributed by atoms with Crippen molar-refractivity contribution in [2.24, 2.45) is 0 Å². The fourth-order valence-electron chi connectivity index (χ4n) is 3.57. The summed E-state index contributed by atoms with van der Waals surface area (Å²) in [4.78, 5) is 2.28. The van der Waals surface area contributed by atoms with Crippen LogP contribution in [0.25, 0.3) is 21.9 Å². The summed E-state index contributed by atoms with van der Waals surface area (Å²) in [6.45, 7) is 2.11. The van der Waals surface area contributed by atoms with Gasteiger partial charge in [0.1, 0.15) is 11.2 Å². The Labute approximate surface area is 158 Å². The first kappa shape index (κ1) is 15.7. The van der Waals surface area contributed by atoms with E-state index in [2.05, 4.69) is 90.7 Å². The molecule has 0 saturated heterocycles. The van der Waals surface area contributed by atoms with E-state index in [0.717, 1.165) is 39.0 Å². The number of anilines is 3. The van der Waals surface area contributed by atoms with Gasteiger partial charge >= 0.3 is 0 Å². The van der Waals surface area contributed by atoms with Crippen LogP contribution < -0.4 is 4.90 Å². The summed E-state index contributed by atoms with van der Waals surface area (Å²) in [6, 6.07) is 33.7. The Morgan fingerprint density at radius 3 is 2.00 bits per heavy atom. The number of hydrogen-bond acceptors (Lipinski definition) is 2. The highest BCUT2D eigenvalue weighted by molar-refractivity contribution is 6.06. The smallest absolute Gasteiger partial charge is 0.135 e. The first-order valence-electron chi connectivity index (χ1n) is 9.13. The van der Waals surface area contributed by atoms with E-state index in [1.54, 1.807) is 0 Å². The van der Waals surface area contributed by atoms with E-state index in [1.165, 1.54) is 5.56 Å². The lowest BCUT2D eigenvalue weighted by Crippen LogP contribution is -2.09. The summed E-state index contributed by atoms with van der Waals surface area (Å²) < 4.78 is 6.00. The molecule has 27 heavy (non-hydrogen) atoms. The van der Waals surface area contributed by atoms with Crippen LogP contribution >= 0.6 is 0 Å². The monoisotopic (exact) mass is 349 g/mol. The van der Waals surface area contributed by atoms with Crippen molar-refractivity contribution in [1.82, 2.24) is 0 Å². The second kappa shape index (κ2) is 6.33. The summed E-state index contributed by atoms with van der Waals surface area (Å²) in [5.74, 6) is 0. The van der Waals surface area contributed by atoms with Crippen LogP contribution in [-0.4, -0.2) is 0 Å². The molecule has 5 rings (SSSR count). The number of hydrogen-bond donors (Lipinski definition) is 0.